The van der Waals surface area contributed by atoms with Crippen LogP contribution in [-0.4, -0.2) is 60.9 Å². The molecule has 0 amide bonds. The predicted octanol–water partition coefficient (Wildman–Crippen LogP) is 3.37. The molecule has 1 fully saturated rings. The summed E-state index contributed by atoms with van der Waals surface area (Å²) >= 11 is 0. The van der Waals surface area contributed by atoms with E-state index in [0.717, 1.165) is 22.0 Å². The number of rotatable bonds is 7. The van der Waals surface area contributed by atoms with Crippen LogP contribution in [-0.2, 0) is 26.1 Å². The van der Waals surface area contributed by atoms with Crippen molar-refractivity contribution >= 4 is 26.9 Å². The molecule has 0 radical (unpaired) electrons. The minimum Gasteiger partial charge on any atom is -0.466 e. The molecule has 33 heavy (non-hydrogen) atoms. The van der Waals surface area contributed by atoms with Crippen molar-refractivity contribution < 1.29 is 17.9 Å². The van der Waals surface area contributed by atoms with Gasteiger partial charge in [0.2, 0.25) is 10.0 Å². The van der Waals surface area contributed by atoms with Crippen molar-refractivity contribution in [1.82, 2.24) is 14.2 Å². The highest BCUT2D eigenvalue weighted by molar-refractivity contribution is 7.89. The Morgan fingerprint density at radius 1 is 1.09 bits per heavy atom. The number of ether oxygens (including phenoxy) is 1. The number of hydrogen-bond acceptors (Lipinski definition) is 6. The normalized spacial score (nSPS) is 17.8. The van der Waals surface area contributed by atoms with Gasteiger partial charge in [0, 0.05) is 43.8 Å². The number of hydrogen-bond donors (Lipinski definition) is 0. The maximum absolute atomic E-state index is 13.3. The van der Waals surface area contributed by atoms with Gasteiger partial charge in [-0.25, -0.2) is 8.42 Å². The van der Waals surface area contributed by atoms with Gasteiger partial charge in [0.15, 0.2) is 0 Å². The van der Waals surface area contributed by atoms with Crippen molar-refractivity contribution in [2.45, 2.75) is 37.8 Å². The van der Waals surface area contributed by atoms with E-state index in [2.05, 4.69) is 9.88 Å². The van der Waals surface area contributed by atoms with E-state index >= 15 is 0 Å². The fraction of sp³-hybridized carbons (Fsp3) is 0.360. The summed E-state index contributed by atoms with van der Waals surface area (Å²) in [6, 6.07) is 16.5. The molecule has 1 atom stereocenters. The number of para-hydroxylation sites is 1. The third-order valence-electron chi connectivity index (χ3n) is 6.05. The Morgan fingerprint density at radius 2 is 1.85 bits per heavy atom. The highest BCUT2D eigenvalue weighted by atomic mass is 32.2. The topological polar surface area (TPSA) is 79.8 Å². The van der Waals surface area contributed by atoms with Crippen LogP contribution >= 0.6 is 0 Å². The van der Waals surface area contributed by atoms with Crippen LogP contribution in [0, 0.1) is 6.92 Å². The summed E-state index contributed by atoms with van der Waals surface area (Å²) in [5, 5.41) is 1.06. The average molecular weight is 468 g/mol. The third kappa shape index (κ3) is 5.24. The quantitative estimate of drug-likeness (QED) is 0.496. The van der Waals surface area contributed by atoms with Crippen LogP contribution in [0.5, 0.6) is 0 Å². The second-order valence-electron chi connectivity index (χ2n) is 8.30. The maximum atomic E-state index is 13.3. The number of nitrogens with zero attached hydrogens (tertiary/aromatic N) is 3. The molecule has 1 aliphatic heterocycles. The first-order chi connectivity index (χ1) is 15.9. The fourth-order valence-corrected chi connectivity index (χ4v) is 5.74. The van der Waals surface area contributed by atoms with Gasteiger partial charge in [-0.1, -0.05) is 35.9 Å². The second kappa shape index (κ2) is 9.99. The van der Waals surface area contributed by atoms with Crippen molar-refractivity contribution in [3.05, 3.63) is 71.9 Å². The van der Waals surface area contributed by atoms with Crippen molar-refractivity contribution in [3.63, 3.8) is 0 Å². The SMILES string of the molecule is CCOC(=O)CC1CN(S(=O)(=O)c2ccc(C)cc2)CCN1Cc1ccnc2ccccc12. The number of benzene rings is 2. The van der Waals surface area contributed by atoms with Gasteiger partial charge in [0.25, 0.3) is 0 Å². The summed E-state index contributed by atoms with van der Waals surface area (Å²) in [6.07, 6.45) is 1.92. The van der Waals surface area contributed by atoms with Gasteiger partial charge < -0.3 is 4.74 Å². The molecule has 1 aliphatic rings. The third-order valence-corrected chi connectivity index (χ3v) is 7.93. The molecule has 1 aromatic heterocycles. The van der Waals surface area contributed by atoms with E-state index < -0.39 is 10.0 Å². The zero-order chi connectivity index (χ0) is 23.4. The zero-order valence-electron chi connectivity index (χ0n) is 19.0. The molecule has 2 aromatic carbocycles. The van der Waals surface area contributed by atoms with Gasteiger partial charge in [-0.2, -0.15) is 4.31 Å². The van der Waals surface area contributed by atoms with E-state index in [-0.39, 0.29) is 29.9 Å². The lowest BCUT2D eigenvalue weighted by molar-refractivity contribution is -0.145. The van der Waals surface area contributed by atoms with Crippen LogP contribution < -0.4 is 0 Å². The Kier molecular flexibility index (Phi) is 7.07. The summed E-state index contributed by atoms with van der Waals surface area (Å²) in [6.45, 7) is 5.71. The van der Waals surface area contributed by atoms with E-state index in [9.17, 15) is 13.2 Å². The second-order valence-corrected chi connectivity index (χ2v) is 10.2. The van der Waals surface area contributed by atoms with Crippen molar-refractivity contribution in [1.29, 1.82) is 0 Å². The van der Waals surface area contributed by atoms with E-state index in [1.165, 1.54) is 4.31 Å². The lowest BCUT2D eigenvalue weighted by Gasteiger charge is -2.40. The number of fused-ring (bicyclic) bond motifs is 1. The van der Waals surface area contributed by atoms with Crippen LogP contribution in [0.15, 0.2) is 65.7 Å². The number of sulfonamides is 1. The standard InChI is InChI=1S/C25H29N3O4S/c1-3-32-25(29)16-21-18-28(33(30,31)22-10-8-19(2)9-11-22)15-14-27(21)17-20-12-13-26-24-7-5-4-6-23(20)24/h4-13,21H,3,14-18H2,1-2H3. The number of carbonyl (C=O) groups excluding carboxylic acids is 1. The number of piperazine rings is 1. The van der Waals surface area contributed by atoms with Gasteiger partial charge in [0.1, 0.15) is 0 Å². The zero-order valence-corrected chi connectivity index (χ0v) is 19.8. The molecule has 4 rings (SSSR count). The summed E-state index contributed by atoms with van der Waals surface area (Å²) in [5.74, 6) is -0.318. The summed E-state index contributed by atoms with van der Waals surface area (Å²) in [7, 11) is -3.65. The highest BCUT2D eigenvalue weighted by Crippen LogP contribution is 2.25. The first kappa shape index (κ1) is 23.4. The van der Waals surface area contributed by atoms with Gasteiger partial charge in [-0.15, -0.1) is 0 Å². The van der Waals surface area contributed by atoms with Crippen molar-refractivity contribution in [2.24, 2.45) is 0 Å². The maximum Gasteiger partial charge on any atom is 0.307 e. The van der Waals surface area contributed by atoms with E-state index in [1.54, 1.807) is 37.4 Å². The van der Waals surface area contributed by atoms with Crippen molar-refractivity contribution in [3.8, 4) is 0 Å². The van der Waals surface area contributed by atoms with Gasteiger partial charge in [-0.3, -0.25) is 14.7 Å². The molecule has 3 aromatic rings. The molecule has 0 spiro atoms. The molecule has 1 unspecified atom stereocenters. The van der Waals surface area contributed by atoms with E-state index in [0.29, 0.717) is 26.2 Å². The minimum absolute atomic E-state index is 0.136. The monoisotopic (exact) mass is 467 g/mol. The molecule has 0 N–H and O–H groups in total. The summed E-state index contributed by atoms with van der Waals surface area (Å²) < 4.78 is 33.2. The van der Waals surface area contributed by atoms with Gasteiger partial charge >= 0.3 is 5.97 Å². The Hall–Kier alpha value is -2.81. The number of carbonyl (C=O) groups is 1. The van der Waals surface area contributed by atoms with Crippen LogP contribution in [0.2, 0.25) is 0 Å². The number of aromatic nitrogens is 1. The molecule has 0 aliphatic carbocycles. The van der Waals surface area contributed by atoms with Crippen LogP contribution in [0.4, 0.5) is 0 Å². The first-order valence-corrected chi connectivity index (χ1v) is 12.6. The van der Waals surface area contributed by atoms with Crippen LogP contribution in [0.25, 0.3) is 10.9 Å². The van der Waals surface area contributed by atoms with Crippen LogP contribution in [0.3, 0.4) is 0 Å². The molecule has 0 bridgehead atoms. The average Bonchev–Trinajstić information content (AvgIpc) is 2.81. The van der Waals surface area contributed by atoms with Crippen LogP contribution in [0.1, 0.15) is 24.5 Å². The van der Waals surface area contributed by atoms with Crippen molar-refractivity contribution in [2.75, 3.05) is 26.2 Å². The molecular formula is C25H29N3O4S. The Bertz CT molecular complexity index is 1220. The lowest BCUT2D eigenvalue weighted by Crippen LogP contribution is -2.54. The Balaban J connectivity index is 1.59. The van der Waals surface area contributed by atoms with E-state index in [4.69, 9.17) is 4.74 Å². The molecule has 1 saturated heterocycles. The Labute approximate surface area is 195 Å². The predicted molar refractivity (Wildman–Crippen MR) is 127 cm³/mol. The molecule has 8 heteroatoms. The lowest BCUT2D eigenvalue weighted by atomic mass is 10.1. The fourth-order valence-electron chi connectivity index (χ4n) is 4.27. The van der Waals surface area contributed by atoms with Gasteiger partial charge in [-0.05, 0) is 43.7 Å². The molecular weight excluding hydrogens is 438 g/mol. The molecule has 7 nitrogen and oxygen atoms in total. The number of pyridine rings is 1. The molecule has 0 saturated carbocycles. The van der Waals surface area contributed by atoms with E-state index in [1.807, 2.05) is 37.3 Å². The molecule has 174 valence electrons. The minimum atomic E-state index is -3.65. The smallest absolute Gasteiger partial charge is 0.307 e. The molecule has 2 heterocycles. The highest BCUT2D eigenvalue weighted by Gasteiger charge is 2.35. The number of aryl methyl sites for hydroxylation is 1. The largest absolute Gasteiger partial charge is 0.466 e. The number of esters is 1. The Morgan fingerprint density at radius 3 is 2.61 bits per heavy atom. The summed E-state index contributed by atoms with van der Waals surface area (Å²) in [5.41, 5.74) is 3.02. The first-order valence-electron chi connectivity index (χ1n) is 11.2. The van der Waals surface area contributed by atoms with Gasteiger partial charge in [0.05, 0.1) is 23.4 Å². The summed E-state index contributed by atoms with van der Waals surface area (Å²) in [4.78, 5) is 19.2.